The van der Waals surface area contributed by atoms with Crippen molar-refractivity contribution >= 4 is 5.91 Å². The number of rotatable bonds is 15. The number of carbonyl (C=O) groups excluding carboxylic acids is 1. The monoisotopic (exact) mass is 750 g/mol. The number of aliphatic hydroxyl groups excluding tert-OH is 5. The second-order valence-electron chi connectivity index (χ2n) is 14.4. The first kappa shape index (κ1) is 41.6. The second kappa shape index (κ2) is 17.9. The minimum Gasteiger partial charge on any atom is -0.394 e. The smallest absolute Gasteiger partial charge is 0.252 e. The summed E-state index contributed by atoms with van der Waals surface area (Å²) in [6.07, 6.45) is -12.3. The summed E-state index contributed by atoms with van der Waals surface area (Å²) in [4.78, 5) is 13.1. The quantitative estimate of drug-likeness (QED) is 0.0546. The molecule has 20 N–H and O–H groups in total. The summed E-state index contributed by atoms with van der Waals surface area (Å²) in [6, 6.07) is -4.33. The van der Waals surface area contributed by atoms with Gasteiger partial charge in [0.1, 0.15) is 60.5 Å². The normalized spacial score (nSPS) is 48.0. The van der Waals surface area contributed by atoms with Crippen LogP contribution in [0.5, 0.6) is 0 Å². The predicted molar refractivity (Wildman–Crippen MR) is 179 cm³/mol. The molecule has 21 nitrogen and oxygen atoms in total. The van der Waals surface area contributed by atoms with Gasteiger partial charge in [-0.3, -0.25) is 4.79 Å². The molecule has 0 spiro atoms. The molecule has 300 valence electrons. The molecule has 0 aromatic rings. The maximum absolute atomic E-state index is 13.1. The highest BCUT2D eigenvalue weighted by molar-refractivity contribution is 5.86. The lowest BCUT2D eigenvalue weighted by Gasteiger charge is -2.47. The topological polar surface area (TPSA) is 374 Å². The zero-order valence-corrected chi connectivity index (χ0v) is 28.9. The maximum Gasteiger partial charge on any atom is 0.252 e. The van der Waals surface area contributed by atoms with Crippen LogP contribution in [-0.4, -0.2) is 185 Å². The van der Waals surface area contributed by atoms with Crippen molar-refractivity contribution in [2.75, 3.05) is 32.8 Å². The molecule has 17 atom stereocenters. The molecule has 0 aromatic carbocycles. The van der Waals surface area contributed by atoms with Gasteiger partial charge in [0, 0.05) is 38.0 Å². The summed E-state index contributed by atoms with van der Waals surface area (Å²) in [5, 5.41) is 70.6. The van der Waals surface area contributed by atoms with Crippen LogP contribution in [-0.2, 0) is 33.2 Å². The van der Waals surface area contributed by atoms with Crippen molar-refractivity contribution in [3.05, 3.63) is 12.2 Å². The Morgan fingerprint density at radius 2 is 1.50 bits per heavy atom. The Hall–Kier alpha value is -1.55. The van der Waals surface area contributed by atoms with Gasteiger partial charge in [-0.2, -0.15) is 0 Å². The molecule has 5 rings (SSSR count). The number of nitrogens with one attached hydrogen (secondary N) is 2. The van der Waals surface area contributed by atoms with E-state index in [0.29, 0.717) is 19.6 Å². The van der Waals surface area contributed by atoms with Gasteiger partial charge in [0.2, 0.25) is 0 Å². The summed E-state index contributed by atoms with van der Waals surface area (Å²) >= 11 is 0. The van der Waals surface area contributed by atoms with Crippen LogP contribution in [0.25, 0.3) is 0 Å². The lowest BCUT2D eigenvalue weighted by molar-refractivity contribution is -0.284. The Bertz CT molecular complexity index is 1190. The zero-order chi connectivity index (χ0) is 37.9. The summed E-state index contributed by atoms with van der Waals surface area (Å²) in [5.74, 6) is -0.741. The fourth-order valence-corrected chi connectivity index (χ4v) is 7.24. The van der Waals surface area contributed by atoms with E-state index in [-0.39, 0.29) is 31.8 Å². The molecule has 0 unspecified atom stereocenters. The summed E-state index contributed by atoms with van der Waals surface area (Å²) in [7, 11) is 0. The molecule has 2 saturated carbocycles. The third-order valence-electron chi connectivity index (χ3n) is 10.4. The highest BCUT2D eigenvalue weighted by Gasteiger charge is 2.55. The Balaban J connectivity index is 1.33. The van der Waals surface area contributed by atoms with Crippen molar-refractivity contribution in [2.24, 2.45) is 34.4 Å². The molecule has 3 heterocycles. The number of nitrogens with two attached hydrogens (primary N) is 6. The Morgan fingerprint density at radius 1 is 0.827 bits per heavy atom. The van der Waals surface area contributed by atoms with Crippen molar-refractivity contribution in [1.82, 2.24) is 10.6 Å². The highest BCUT2D eigenvalue weighted by Crippen LogP contribution is 2.36. The third kappa shape index (κ3) is 9.11. The highest BCUT2D eigenvalue weighted by atomic mass is 16.8. The predicted octanol–water partition coefficient (Wildman–Crippen LogP) is -8.07. The van der Waals surface area contributed by atoms with Gasteiger partial charge < -0.3 is 104 Å². The fraction of sp³-hybridized carbons (Fsp3) is 0.903. The number of hydrogen-bond acceptors (Lipinski definition) is 20. The van der Waals surface area contributed by atoms with Gasteiger partial charge in [-0.05, 0) is 25.9 Å². The molecule has 21 heteroatoms. The Labute approximate surface area is 301 Å². The van der Waals surface area contributed by atoms with E-state index in [9.17, 15) is 35.4 Å². The first-order valence-corrected chi connectivity index (χ1v) is 17.8. The van der Waals surface area contributed by atoms with Crippen LogP contribution in [0.15, 0.2) is 12.2 Å². The maximum atomic E-state index is 13.1. The van der Waals surface area contributed by atoms with Crippen molar-refractivity contribution in [3.63, 3.8) is 0 Å². The molecule has 52 heavy (non-hydrogen) atoms. The van der Waals surface area contributed by atoms with Crippen LogP contribution in [0.2, 0.25) is 0 Å². The van der Waals surface area contributed by atoms with Crippen molar-refractivity contribution in [1.29, 1.82) is 0 Å². The third-order valence-corrected chi connectivity index (χ3v) is 10.4. The lowest BCUT2D eigenvalue weighted by Crippen LogP contribution is -2.69. The van der Waals surface area contributed by atoms with Crippen LogP contribution in [0.3, 0.4) is 0 Å². The first-order chi connectivity index (χ1) is 24.7. The number of hydrogen-bond donors (Lipinski definition) is 14. The van der Waals surface area contributed by atoms with E-state index in [0.717, 1.165) is 6.42 Å². The standard InChI is InChI=1S/C31H58N8O13/c32-4-1-5-38-10-13-2-3-14(35)27(47-13)50-24-15(36)6-16(39-30(45)31(46)7-12(34)8-31)20(41)26(24)52-29-23(44)25(18(11-40)49-29)51-28-19(37)22(43)21(42)17(9-33)48-28/h2-3,12-29,38,40-44,46H,1,4-11,32-37H2,(H,39,45)/t12?,13-,14+,15-,16+,17-,18+,19+,20-,21+,22+,23+,24+,25+,26+,27+,28+,29-,31?/m0/s1. The molecule has 0 bridgehead atoms. The average Bonchev–Trinajstić information content (AvgIpc) is 3.40. The van der Waals surface area contributed by atoms with Crippen LogP contribution >= 0.6 is 0 Å². The van der Waals surface area contributed by atoms with Crippen molar-refractivity contribution in [2.45, 2.75) is 141 Å². The van der Waals surface area contributed by atoms with E-state index in [1.54, 1.807) is 12.2 Å². The van der Waals surface area contributed by atoms with E-state index in [1.807, 2.05) is 0 Å². The van der Waals surface area contributed by atoms with E-state index in [2.05, 4.69) is 10.6 Å². The average molecular weight is 751 g/mol. The molecule has 0 radical (unpaired) electrons. The van der Waals surface area contributed by atoms with E-state index in [1.165, 1.54) is 0 Å². The minimum atomic E-state index is -1.71. The molecule has 2 saturated heterocycles. The van der Waals surface area contributed by atoms with Gasteiger partial charge in [-0.25, -0.2) is 0 Å². The SMILES string of the molecule is NCCCNC[C@@H]1C=C[C@@H](N)[C@@H](O[C@H]2[C@H](O[C@@H]3O[C@H](CO)[C@@H](O[C@H]4O[C@@H](CN)[C@@H](O)[C@H](O)[C@H]4N)[C@H]3O)[C@@H](O)[C@H](NC(=O)C3(O)CC(N)C3)C[C@@H]2N)O1. The van der Waals surface area contributed by atoms with Gasteiger partial charge in [0.25, 0.3) is 5.91 Å². The molecule has 3 aliphatic heterocycles. The minimum absolute atomic E-state index is 0.0199. The molecule has 5 aliphatic rings. The second-order valence-corrected chi connectivity index (χ2v) is 14.4. The van der Waals surface area contributed by atoms with E-state index in [4.69, 9.17) is 62.8 Å². The number of amides is 1. The molecule has 4 fully saturated rings. The van der Waals surface area contributed by atoms with Crippen LogP contribution in [0, 0.1) is 0 Å². The molecular formula is C31H58N8O13. The van der Waals surface area contributed by atoms with E-state index < -0.39 is 122 Å². The fourth-order valence-electron chi connectivity index (χ4n) is 7.24. The van der Waals surface area contributed by atoms with E-state index >= 15 is 0 Å². The van der Waals surface area contributed by atoms with Gasteiger partial charge in [0.05, 0.1) is 30.8 Å². The summed E-state index contributed by atoms with van der Waals surface area (Å²) < 4.78 is 36.0. The Kier molecular flexibility index (Phi) is 14.4. The van der Waals surface area contributed by atoms with Gasteiger partial charge in [-0.15, -0.1) is 0 Å². The van der Waals surface area contributed by atoms with Crippen LogP contribution in [0.4, 0.5) is 0 Å². The Morgan fingerprint density at radius 3 is 2.15 bits per heavy atom. The van der Waals surface area contributed by atoms with Gasteiger partial charge in [0.15, 0.2) is 18.9 Å². The number of carbonyl (C=O) groups is 1. The van der Waals surface area contributed by atoms with Crippen molar-refractivity contribution < 1.29 is 63.9 Å². The molecule has 2 aliphatic carbocycles. The zero-order valence-electron chi connectivity index (χ0n) is 28.9. The van der Waals surface area contributed by atoms with Crippen molar-refractivity contribution in [3.8, 4) is 0 Å². The van der Waals surface area contributed by atoms with Crippen LogP contribution in [0.1, 0.15) is 25.7 Å². The van der Waals surface area contributed by atoms with Gasteiger partial charge >= 0.3 is 0 Å². The number of ether oxygens (including phenoxy) is 6. The lowest BCUT2D eigenvalue weighted by atomic mass is 9.75. The summed E-state index contributed by atoms with van der Waals surface area (Å²) in [5.41, 5.74) is 34.3. The summed E-state index contributed by atoms with van der Waals surface area (Å²) in [6.45, 7) is 0.786. The van der Waals surface area contributed by atoms with Crippen LogP contribution < -0.4 is 45.0 Å². The molecule has 1 amide bonds. The molecular weight excluding hydrogens is 692 g/mol. The first-order valence-electron chi connectivity index (χ1n) is 17.8. The largest absolute Gasteiger partial charge is 0.394 e. The van der Waals surface area contributed by atoms with Gasteiger partial charge in [-0.1, -0.05) is 12.2 Å². The number of aliphatic hydroxyl groups is 6. The molecule has 0 aromatic heterocycles.